The van der Waals surface area contributed by atoms with Gasteiger partial charge in [-0.05, 0) is 50.9 Å². The Hall–Kier alpha value is -1.33. The van der Waals surface area contributed by atoms with Gasteiger partial charge in [-0.25, -0.2) is 0 Å². The smallest absolute Gasteiger partial charge is 0.170 e. The predicted octanol–water partition coefficient (Wildman–Crippen LogP) is 1.72. The molecule has 0 spiro atoms. The van der Waals surface area contributed by atoms with Gasteiger partial charge in [0, 0.05) is 30.5 Å². The lowest BCUT2D eigenvalue weighted by Gasteiger charge is -2.12. The van der Waals surface area contributed by atoms with Gasteiger partial charge in [-0.3, -0.25) is 0 Å². The molecule has 0 amide bonds. The highest BCUT2D eigenvalue weighted by Gasteiger charge is 2.38. The molecule has 5 heteroatoms. The van der Waals surface area contributed by atoms with Gasteiger partial charge in [0.1, 0.15) is 0 Å². The highest BCUT2D eigenvalue weighted by Crippen LogP contribution is 2.30. The molecule has 3 N–H and O–H groups in total. The molecule has 0 radical (unpaired) electrons. The van der Waals surface area contributed by atoms with Gasteiger partial charge in [0.2, 0.25) is 0 Å². The number of anilines is 2. The first-order valence-corrected chi connectivity index (χ1v) is 6.52. The lowest BCUT2D eigenvalue weighted by atomic mass is 10.2. The minimum atomic E-state index is 0.562. The average molecular weight is 264 g/mol. The number of hydrogen-bond acceptors (Lipinski definition) is 3. The summed E-state index contributed by atoms with van der Waals surface area (Å²) in [5, 5.41) is 10.2. The Morgan fingerprint density at radius 2 is 2.06 bits per heavy atom. The monoisotopic (exact) mass is 264 g/mol. The van der Waals surface area contributed by atoms with E-state index in [1.54, 1.807) is 0 Å². The maximum absolute atomic E-state index is 5.08. The van der Waals surface area contributed by atoms with Crippen LogP contribution in [-0.4, -0.2) is 43.2 Å². The summed E-state index contributed by atoms with van der Waals surface area (Å²) >= 11 is 5.08. The molecule has 0 heterocycles. The van der Waals surface area contributed by atoms with Gasteiger partial charge in [-0.1, -0.05) is 6.07 Å². The molecule has 0 aliphatic heterocycles. The van der Waals surface area contributed by atoms with Crippen LogP contribution in [0.15, 0.2) is 24.3 Å². The van der Waals surface area contributed by atoms with Gasteiger partial charge in [-0.2, -0.15) is 0 Å². The van der Waals surface area contributed by atoms with Crippen LogP contribution in [0.2, 0.25) is 0 Å². The first-order valence-electron chi connectivity index (χ1n) is 6.12. The lowest BCUT2D eigenvalue weighted by molar-refractivity contribution is 0.394. The summed E-state index contributed by atoms with van der Waals surface area (Å²) < 4.78 is 0. The van der Waals surface area contributed by atoms with Crippen molar-refractivity contribution >= 4 is 28.7 Å². The summed E-state index contributed by atoms with van der Waals surface area (Å²) in [5.41, 5.74) is 2.13. The third kappa shape index (κ3) is 3.34. The van der Waals surface area contributed by atoms with Crippen molar-refractivity contribution in [2.75, 3.05) is 31.8 Å². The maximum atomic E-state index is 5.08. The van der Waals surface area contributed by atoms with Crippen LogP contribution in [0.4, 0.5) is 11.4 Å². The molecule has 1 aromatic rings. The Bertz CT molecular complexity index is 433. The zero-order chi connectivity index (χ0) is 13.1. The molecule has 2 atom stereocenters. The van der Waals surface area contributed by atoms with E-state index in [0.717, 1.165) is 11.4 Å². The van der Waals surface area contributed by atoms with Gasteiger partial charge in [0.05, 0.1) is 0 Å². The van der Waals surface area contributed by atoms with Gasteiger partial charge in [0.25, 0.3) is 0 Å². The van der Waals surface area contributed by atoms with Crippen molar-refractivity contribution < 1.29 is 0 Å². The van der Waals surface area contributed by atoms with Crippen LogP contribution in [-0.2, 0) is 0 Å². The molecule has 18 heavy (non-hydrogen) atoms. The van der Waals surface area contributed by atoms with Gasteiger partial charge >= 0.3 is 0 Å². The number of benzene rings is 1. The van der Waals surface area contributed by atoms with Gasteiger partial charge < -0.3 is 20.9 Å². The summed E-state index contributed by atoms with van der Waals surface area (Å²) in [5.74, 6) is 0. The second-order valence-electron chi connectivity index (χ2n) is 4.80. The first-order chi connectivity index (χ1) is 8.60. The number of hydrogen-bond donors (Lipinski definition) is 3. The average Bonchev–Trinajstić information content (AvgIpc) is 3.09. The Kier molecular flexibility index (Phi) is 4.04. The van der Waals surface area contributed by atoms with Crippen molar-refractivity contribution in [3.8, 4) is 0 Å². The predicted molar refractivity (Wildman–Crippen MR) is 81.2 cm³/mol. The van der Waals surface area contributed by atoms with E-state index in [0.29, 0.717) is 17.2 Å². The van der Waals surface area contributed by atoms with Crippen LogP contribution in [0.3, 0.4) is 0 Å². The van der Waals surface area contributed by atoms with Crippen molar-refractivity contribution in [3.05, 3.63) is 24.3 Å². The molecule has 0 bridgehead atoms. The molecule has 0 saturated heterocycles. The molecule has 2 unspecified atom stereocenters. The fourth-order valence-corrected chi connectivity index (χ4v) is 2.12. The molecule has 1 saturated carbocycles. The third-order valence-electron chi connectivity index (χ3n) is 3.12. The van der Waals surface area contributed by atoms with Crippen LogP contribution in [0.5, 0.6) is 0 Å². The molecule has 1 fully saturated rings. The normalized spacial score (nSPS) is 21.6. The molecular weight excluding hydrogens is 244 g/mol. The number of thiocarbonyl (C=S) groups is 1. The van der Waals surface area contributed by atoms with E-state index in [1.165, 1.54) is 6.42 Å². The molecule has 98 valence electrons. The van der Waals surface area contributed by atoms with Crippen molar-refractivity contribution in [1.82, 2.24) is 10.2 Å². The van der Waals surface area contributed by atoms with Crippen molar-refractivity contribution in [1.29, 1.82) is 0 Å². The molecule has 4 nitrogen and oxygen atoms in total. The summed E-state index contributed by atoms with van der Waals surface area (Å²) in [7, 11) is 6.05. The second kappa shape index (κ2) is 5.54. The molecular formula is C13H20N4S. The van der Waals surface area contributed by atoms with E-state index in [4.69, 9.17) is 12.2 Å². The molecule has 0 aromatic heterocycles. The first kappa shape index (κ1) is 13.1. The van der Waals surface area contributed by atoms with Crippen LogP contribution >= 0.6 is 12.2 Å². The topological polar surface area (TPSA) is 39.3 Å². The second-order valence-corrected chi connectivity index (χ2v) is 5.21. The van der Waals surface area contributed by atoms with E-state index in [9.17, 15) is 0 Å². The van der Waals surface area contributed by atoms with Crippen molar-refractivity contribution in [2.24, 2.45) is 0 Å². The van der Waals surface area contributed by atoms with E-state index >= 15 is 0 Å². The zero-order valence-electron chi connectivity index (χ0n) is 11.0. The summed E-state index contributed by atoms with van der Waals surface area (Å²) in [6.07, 6.45) is 1.21. The highest BCUT2D eigenvalue weighted by molar-refractivity contribution is 7.80. The van der Waals surface area contributed by atoms with E-state index in [1.807, 2.05) is 19.2 Å². The number of rotatable bonds is 4. The third-order valence-corrected chi connectivity index (χ3v) is 3.43. The number of nitrogens with one attached hydrogen (secondary N) is 3. The van der Waals surface area contributed by atoms with Crippen molar-refractivity contribution in [2.45, 2.75) is 18.5 Å². The van der Waals surface area contributed by atoms with Crippen molar-refractivity contribution in [3.63, 3.8) is 0 Å². The van der Waals surface area contributed by atoms with Crippen LogP contribution in [0.1, 0.15) is 6.42 Å². The maximum Gasteiger partial charge on any atom is 0.170 e. The molecule has 1 aromatic carbocycles. The summed E-state index contributed by atoms with van der Waals surface area (Å²) in [4.78, 5) is 2.26. The van der Waals surface area contributed by atoms with Crippen LogP contribution < -0.4 is 16.0 Å². The molecule has 2 rings (SSSR count). The largest absolute Gasteiger partial charge is 0.381 e. The quantitative estimate of drug-likeness (QED) is 0.722. The molecule has 1 aliphatic rings. The zero-order valence-corrected chi connectivity index (χ0v) is 11.8. The number of likely N-dealkylation sites (N-methyl/N-ethyl adjacent to an activating group) is 1. The fraction of sp³-hybridized carbons (Fsp3) is 0.462. The van der Waals surface area contributed by atoms with Gasteiger partial charge in [0.15, 0.2) is 5.11 Å². The Morgan fingerprint density at radius 1 is 1.33 bits per heavy atom. The van der Waals surface area contributed by atoms with E-state index < -0.39 is 0 Å². The Labute approximate surface area is 114 Å². The Balaban J connectivity index is 1.94. The van der Waals surface area contributed by atoms with Crippen LogP contribution in [0, 0.1) is 0 Å². The molecule has 1 aliphatic carbocycles. The van der Waals surface area contributed by atoms with Gasteiger partial charge in [-0.15, -0.1) is 0 Å². The fourth-order valence-electron chi connectivity index (χ4n) is 2.00. The summed E-state index contributed by atoms with van der Waals surface area (Å²) in [6, 6.07) is 9.40. The SMILES string of the molecule is CNC(=S)Nc1cccc(NC2CC2N(C)C)c1. The minimum absolute atomic E-state index is 0.562. The minimum Gasteiger partial charge on any atom is -0.381 e. The lowest BCUT2D eigenvalue weighted by Crippen LogP contribution is -2.24. The highest BCUT2D eigenvalue weighted by atomic mass is 32.1. The Morgan fingerprint density at radius 3 is 2.67 bits per heavy atom. The standard InChI is InChI=1S/C13H20N4S/c1-14-13(18)16-10-6-4-5-9(7-10)15-11-8-12(11)17(2)3/h4-7,11-12,15H,8H2,1-3H3,(H2,14,16,18). The van der Waals surface area contributed by atoms with E-state index in [2.05, 4.69) is 47.1 Å². The van der Waals surface area contributed by atoms with E-state index in [-0.39, 0.29) is 0 Å². The number of nitrogens with zero attached hydrogens (tertiary/aromatic N) is 1. The summed E-state index contributed by atoms with van der Waals surface area (Å²) in [6.45, 7) is 0. The van der Waals surface area contributed by atoms with Crippen LogP contribution in [0.25, 0.3) is 0 Å².